The average molecular weight is 325 g/mol. The van der Waals surface area contributed by atoms with E-state index in [-0.39, 0.29) is 18.3 Å². The van der Waals surface area contributed by atoms with Gasteiger partial charge in [-0.1, -0.05) is 12.1 Å². The summed E-state index contributed by atoms with van der Waals surface area (Å²) in [5.41, 5.74) is 2.05. The number of rotatable bonds is 8. The van der Waals surface area contributed by atoms with Gasteiger partial charge in [0.2, 0.25) is 5.91 Å². The van der Waals surface area contributed by atoms with Crippen LogP contribution in [0.15, 0.2) is 42.7 Å². The molecule has 1 aromatic heterocycles. The van der Waals surface area contributed by atoms with E-state index in [0.717, 1.165) is 11.3 Å². The van der Waals surface area contributed by atoms with E-state index in [4.69, 9.17) is 4.74 Å². The summed E-state index contributed by atoms with van der Waals surface area (Å²) in [7, 11) is 1.63. The zero-order chi connectivity index (χ0) is 14.9. The zero-order valence-corrected chi connectivity index (χ0v) is 13.3. The average Bonchev–Trinajstić information content (AvgIpc) is 3.04. The van der Waals surface area contributed by atoms with Crippen molar-refractivity contribution in [1.82, 2.24) is 20.4 Å². The van der Waals surface area contributed by atoms with Gasteiger partial charge >= 0.3 is 0 Å². The van der Waals surface area contributed by atoms with E-state index in [1.807, 2.05) is 36.5 Å². The first-order valence-electron chi connectivity index (χ1n) is 6.85. The van der Waals surface area contributed by atoms with Gasteiger partial charge in [0, 0.05) is 32.6 Å². The third-order valence-electron chi connectivity index (χ3n) is 2.96. The Labute approximate surface area is 136 Å². The van der Waals surface area contributed by atoms with Crippen LogP contribution in [0.1, 0.15) is 5.56 Å². The predicted molar refractivity (Wildman–Crippen MR) is 87.4 cm³/mol. The van der Waals surface area contributed by atoms with Gasteiger partial charge in [0.25, 0.3) is 0 Å². The maximum Gasteiger partial charge on any atom is 0.234 e. The molecular weight excluding hydrogens is 304 g/mol. The second-order valence-electron chi connectivity index (χ2n) is 4.56. The Morgan fingerprint density at radius 1 is 1.32 bits per heavy atom. The lowest BCUT2D eigenvalue weighted by atomic mass is 10.2. The third kappa shape index (κ3) is 5.85. The molecule has 0 unspecified atom stereocenters. The Balaban J connectivity index is 0.00000242. The maximum absolute atomic E-state index is 11.6. The van der Waals surface area contributed by atoms with Crippen molar-refractivity contribution in [3.05, 3.63) is 48.3 Å². The molecule has 0 radical (unpaired) electrons. The van der Waals surface area contributed by atoms with Crippen LogP contribution in [0.3, 0.4) is 0 Å². The van der Waals surface area contributed by atoms with Crippen LogP contribution >= 0.6 is 12.4 Å². The third-order valence-corrected chi connectivity index (χ3v) is 2.96. The number of hydrogen-bond donors (Lipinski definition) is 2. The minimum Gasteiger partial charge on any atom is -0.383 e. The van der Waals surface area contributed by atoms with Crippen molar-refractivity contribution in [3.63, 3.8) is 0 Å². The van der Waals surface area contributed by atoms with Crippen LogP contribution in [0.2, 0.25) is 0 Å². The van der Waals surface area contributed by atoms with Crippen molar-refractivity contribution < 1.29 is 9.53 Å². The Hall–Kier alpha value is -1.89. The summed E-state index contributed by atoms with van der Waals surface area (Å²) >= 11 is 0. The molecule has 6 nitrogen and oxygen atoms in total. The molecule has 1 amide bonds. The van der Waals surface area contributed by atoms with Crippen molar-refractivity contribution in [3.8, 4) is 5.69 Å². The summed E-state index contributed by atoms with van der Waals surface area (Å²) in [5.74, 6) is -0.0257. The van der Waals surface area contributed by atoms with Crippen molar-refractivity contribution in [2.75, 3.05) is 26.8 Å². The molecule has 0 atom stereocenters. The van der Waals surface area contributed by atoms with E-state index >= 15 is 0 Å². The molecule has 2 aromatic rings. The molecule has 1 aromatic carbocycles. The van der Waals surface area contributed by atoms with Gasteiger partial charge in [-0.2, -0.15) is 5.10 Å². The van der Waals surface area contributed by atoms with E-state index in [0.29, 0.717) is 26.2 Å². The van der Waals surface area contributed by atoms with Crippen LogP contribution in [-0.4, -0.2) is 42.5 Å². The lowest BCUT2D eigenvalue weighted by Crippen LogP contribution is -2.34. The molecule has 0 saturated heterocycles. The van der Waals surface area contributed by atoms with Crippen LogP contribution in [-0.2, 0) is 16.1 Å². The SMILES string of the molecule is COCCNCC(=O)NCc1ccc(-n2cccn2)cc1.Cl. The number of methoxy groups -OCH3 is 1. The number of ether oxygens (including phenoxy) is 1. The fourth-order valence-corrected chi connectivity index (χ4v) is 1.83. The summed E-state index contributed by atoms with van der Waals surface area (Å²) < 4.78 is 6.69. The number of nitrogens with zero attached hydrogens (tertiary/aromatic N) is 2. The van der Waals surface area contributed by atoms with Crippen molar-refractivity contribution in [1.29, 1.82) is 0 Å². The number of hydrogen-bond acceptors (Lipinski definition) is 4. The fraction of sp³-hybridized carbons (Fsp3) is 0.333. The van der Waals surface area contributed by atoms with Crippen molar-refractivity contribution in [2.45, 2.75) is 6.54 Å². The van der Waals surface area contributed by atoms with Crippen LogP contribution in [0.5, 0.6) is 0 Å². The molecule has 22 heavy (non-hydrogen) atoms. The highest BCUT2D eigenvalue weighted by Gasteiger charge is 2.01. The monoisotopic (exact) mass is 324 g/mol. The Kier molecular flexibility index (Phi) is 8.21. The minimum absolute atomic E-state index is 0. The fourth-order valence-electron chi connectivity index (χ4n) is 1.83. The summed E-state index contributed by atoms with van der Waals surface area (Å²) in [6.07, 6.45) is 3.63. The van der Waals surface area contributed by atoms with E-state index < -0.39 is 0 Å². The number of benzene rings is 1. The standard InChI is InChI=1S/C15H20N4O2.ClH/c1-21-10-8-16-12-15(20)17-11-13-3-5-14(6-4-13)19-9-2-7-18-19;/h2-7,9,16H,8,10-12H2,1H3,(H,17,20);1H. The van der Waals surface area contributed by atoms with Crippen LogP contribution < -0.4 is 10.6 Å². The molecule has 0 spiro atoms. The van der Waals surface area contributed by atoms with E-state index in [1.165, 1.54) is 0 Å². The molecule has 0 bridgehead atoms. The van der Waals surface area contributed by atoms with Gasteiger partial charge in [0.05, 0.1) is 18.8 Å². The maximum atomic E-state index is 11.6. The summed E-state index contributed by atoms with van der Waals surface area (Å²) in [5, 5.41) is 10.0. The molecule has 0 aliphatic carbocycles. The molecule has 1 heterocycles. The lowest BCUT2D eigenvalue weighted by Gasteiger charge is -2.07. The van der Waals surface area contributed by atoms with Crippen molar-refractivity contribution in [2.24, 2.45) is 0 Å². The molecule has 0 saturated carbocycles. The summed E-state index contributed by atoms with van der Waals surface area (Å²) in [4.78, 5) is 11.6. The van der Waals surface area contributed by atoms with Crippen molar-refractivity contribution >= 4 is 18.3 Å². The van der Waals surface area contributed by atoms with Gasteiger partial charge in [-0.15, -0.1) is 12.4 Å². The molecule has 0 aliphatic rings. The lowest BCUT2D eigenvalue weighted by molar-refractivity contribution is -0.120. The number of carbonyl (C=O) groups is 1. The van der Waals surface area contributed by atoms with Crippen LogP contribution in [0, 0.1) is 0 Å². The zero-order valence-electron chi connectivity index (χ0n) is 12.5. The largest absolute Gasteiger partial charge is 0.383 e. The van der Waals surface area contributed by atoms with E-state index in [9.17, 15) is 4.79 Å². The topological polar surface area (TPSA) is 68.2 Å². The molecular formula is C15H21ClN4O2. The number of halogens is 1. The van der Waals surface area contributed by atoms with Gasteiger partial charge in [-0.05, 0) is 23.8 Å². The summed E-state index contributed by atoms with van der Waals surface area (Å²) in [6, 6.07) is 9.80. The van der Waals surface area contributed by atoms with Gasteiger partial charge in [-0.25, -0.2) is 4.68 Å². The summed E-state index contributed by atoms with van der Waals surface area (Å²) in [6.45, 7) is 2.09. The van der Waals surface area contributed by atoms with Gasteiger partial charge < -0.3 is 15.4 Å². The van der Waals surface area contributed by atoms with E-state index in [2.05, 4.69) is 15.7 Å². The normalized spacial score (nSPS) is 10.0. The highest BCUT2D eigenvalue weighted by atomic mass is 35.5. The van der Waals surface area contributed by atoms with Gasteiger partial charge in [0.15, 0.2) is 0 Å². The number of amides is 1. The molecule has 2 rings (SSSR count). The first-order chi connectivity index (χ1) is 10.3. The second kappa shape index (κ2) is 9.94. The molecule has 120 valence electrons. The van der Waals surface area contributed by atoms with Gasteiger partial charge in [-0.3, -0.25) is 4.79 Å². The minimum atomic E-state index is -0.0257. The van der Waals surface area contributed by atoms with Crippen LogP contribution in [0.25, 0.3) is 5.69 Å². The van der Waals surface area contributed by atoms with Gasteiger partial charge in [0.1, 0.15) is 0 Å². The highest BCUT2D eigenvalue weighted by Crippen LogP contribution is 2.08. The van der Waals surface area contributed by atoms with Crippen LogP contribution in [0.4, 0.5) is 0 Å². The smallest absolute Gasteiger partial charge is 0.234 e. The highest BCUT2D eigenvalue weighted by molar-refractivity contribution is 5.85. The van der Waals surface area contributed by atoms with E-state index in [1.54, 1.807) is 18.0 Å². The molecule has 7 heteroatoms. The first kappa shape index (κ1) is 18.2. The second-order valence-corrected chi connectivity index (χ2v) is 4.56. The molecule has 0 aliphatic heterocycles. The Morgan fingerprint density at radius 2 is 2.09 bits per heavy atom. The first-order valence-corrected chi connectivity index (χ1v) is 6.85. The number of aromatic nitrogens is 2. The molecule has 2 N–H and O–H groups in total. The molecule has 0 fully saturated rings. The number of carbonyl (C=O) groups excluding carboxylic acids is 1. The Bertz CT molecular complexity index is 543. The quantitative estimate of drug-likeness (QED) is 0.715. The Morgan fingerprint density at radius 3 is 2.73 bits per heavy atom. The predicted octanol–water partition coefficient (Wildman–Crippen LogP) is 1.15. The number of nitrogens with one attached hydrogen (secondary N) is 2.